The lowest BCUT2D eigenvalue weighted by molar-refractivity contribution is 0.102. The molecule has 1 aliphatic rings. The van der Waals surface area contributed by atoms with Gasteiger partial charge in [-0.25, -0.2) is 13.4 Å². The number of hydrogen-bond donors (Lipinski definition) is 0. The van der Waals surface area contributed by atoms with Crippen molar-refractivity contribution in [3.05, 3.63) is 53.2 Å². The van der Waals surface area contributed by atoms with Crippen LogP contribution < -0.4 is 0 Å². The molecule has 1 saturated heterocycles. The van der Waals surface area contributed by atoms with Crippen molar-refractivity contribution in [3.63, 3.8) is 0 Å². The molecule has 3 rings (SSSR count). The highest BCUT2D eigenvalue weighted by atomic mass is 35.5. The van der Waals surface area contributed by atoms with E-state index in [1.165, 1.54) is 22.3 Å². The highest BCUT2D eigenvalue weighted by molar-refractivity contribution is 7.99. The van der Waals surface area contributed by atoms with Crippen LogP contribution >= 0.6 is 23.4 Å². The van der Waals surface area contributed by atoms with Crippen LogP contribution in [0.15, 0.2) is 52.5 Å². The summed E-state index contributed by atoms with van der Waals surface area (Å²) in [5.41, 5.74) is 0.588. The number of halogens is 1. The lowest BCUT2D eigenvalue weighted by atomic mass is 10.1. The van der Waals surface area contributed by atoms with Gasteiger partial charge in [-0.15, -0.1) is 0 Å². The van der Waals surface area contributed by atoms with Crippen LogP contribution in [-0.2, 0) is 10.0 Å². The second-order valence-electron chi connectivity index (χ2n) is 5.66. The fraction of sp³-hybridized carbons (Fsp3) is 0.294. The Morgan fingerprint density at radius 1 is 1.12 bits per heavy atom. The number of Topliss-reactive ketones (excluding diaryl/α,β-unsaturated/α-hetero) is 1. The van der Waals surface area contributed by atoms with E-state index in [1.807, 2.05) is 0 Å². The van der Waals surface area contributed by atoms with Crippen LogP contribution in [0.1, 0.15) is 23.2 Å². The van der Waals surface area contributed by atoms with Gasteiger partial charge in [-0.3, -0.25) is 4.79 Å². The van der Waals surface area contributed by atoms with Gasteiger partial charge in [-0.1, -0.05) is 23.4 Å². The van der Waals surface area contributed by atoms with Gasteiger partial charge in [-0.05, 0) is 49.2 Å². The smallest absolute Gasteiger partial charge is 0.244 e. The normalized spacial score (nSPS) is 15.4. The summed E-state index contributed by atoms with van der Waals surface area (Å²) in [6.07, 6.45) is 3.16. The molecule has 0 spiro atoms. The van der Waals surface area contributed by atoms with Crippen molar-refractivity contribution < 1.29 is 13.2 Å². The Morgan fingerprint density at radius 2 is 1.80 bits per heavy atom. The third-order valence-corrected chi connectivity index (χ3v) is 7.01. The van der Waals surface area contributed by atoms with Crippen molar-refractivity contribution in [2.24, 2.45) is 0 Å². The third kappa shape index (κ3) is 4.41. The van der Waals surface area contributed by atoms with E-state index in [9.17, 15) is 13.2 Å². The van der Waals surface area contributed by atoms with Crippen LogP contribution in [0.5, 0.6) is 0 Å². The number of ketones is 1. The van der Waals surface area contributed by atoms with Gasteiger partial charge in [0.15, 0.2) is 5.78 Å². The molecule has 0 atom stereocenters. The van der Waals surface area contributed by atoms with Gasteiger partial charge in [0.05, 0.1) is 10.8 Å². The summed E-state index contributed by atoms with van der Waals surface area (Å²) in [4.78, 5) is 16.5. The maximum absolute atomic E-state index is 12.4. The summed E-state index contributed by atoms with van der Waals surface area (Å²) in [6.45, 7) is 1.13. The number of hydrogen-bond acceptors (Lipinski definition) is 5. The molecule has 0 bridgehead atoms. The molecule has 1 fully saturated rings. The maximum atomic E-state index is 12.4. The molecule has 1 aromatic carbocycles. The van der Waals surface area contributed by atoms with E-state index < -0.39 is 10.0 Å². The molecule has 1 aromatic heterocycles. The summed E-state index contributed by atoms with van der Waals surface area (Å²) in [5.74, 6) is 0.199. The molecule has 132 valence electrons. The monoisotopic (exact) mass is 396 g/mol. The van der Waals surface area contributed by atoms with Crippen molar-refractivity contribution in [1.29, 1.82) is 0 Å². The SMILES string of the molecule is O=C(CSc1ccc(S(=O)(=O)N2CCCC2)cn1)c1ccc(Cl)cc1. The topological polar surface area (TPSA) is 67.3 Å². The van der Waals surface area contributed by atoms with E-state index in [4.69, 9.17) is 11.6 Å². The van der Waals surface area contributed by atoms with Gasteiger partial charge < -0.3 is 0 Å². The Labute approximate surface area is 156 Å². The number of nitrogens with zero attached hydrogens (tertiary/aromatic N) is 2. The number of aromatic nitrogens is 1. The molecule has 8 heteroatoms. The molecular weight excluding hydrogens is 380 g/mol. The van der Waals surface area contributed by atoms with E-state index in [0.717, 1.165) is 12.8 Å². The molecule has 1 aliphatic heterocycles. The fourth-order valence-electron chi connectivity index (χ4n) is 2.54. The van der Waals surface area contributed by atoms with Crippen molar-refractivity contribution >= 4 is 39.2 Å². The zero-order valence-electron chi connectivity index (χ0n) is 13.4. The second-order valence-corrected chi connectivity index (χ2v) is 9.03. The molecule has 2 aromatic rings. The van der Waals surface area contributed by atoms with Crippen LogP contribution in [0.4, 0.5) is 0 Å². The zero-order chi connectivity index (χ0) is 17.9. The Hall–Kier alpha value is -1.41. The van der Waals surface area contributed by atoms with Gasteiger partial charge >= 0.3 is 0 Å². The first-order valence-electron chi connectivity index (χ1n) is 7.84. The summed E-state index contributed by atoms with van der Waals surface area (Å²) in [6, 6.07) is 9.92. The Balaban J connectivity index is 1.63. The van der Waals surface area contributed by atoms with Gasteiger partial charge in [0.2, 0.25) is 10.0 Å². The predicted octanol–water partition coefficient (Wildman–Crippen LogP) is 3.49. The summed E-state index contributed by atoms with van der Waals surface area (Å²) in [5, 5.41) is 1.20. The highest BCUT2D eigenvalue weighted by Gasteiger charge is 2.27. The van der Waals surface area contributed by atoms with Crippen LogP contribution in [0.25, 0.3) is 0 Å². The molecule has 0 saturated carbocycles. The van der Waals surface area contributed by atoms with Gasteiger partial charge in [0.1, 0.15) is 4.90 Å². The van der Waals surface area contributed by atoms with E-state index in [-0.39, 0.29) is 16.4 Å². The van der Waals surface area contributed by atoms with Crippen molar-refractivity contribution in [2.45, 2.75) is 22.8 Å². The molecule has 0 radical (unpaired) electrons. The average Bonchev–Trinajstić information content (AvgIpc) is 3.16. The first-order valence-corrected chi connectivity index (χ1v) is 10.6. The van der Waals surface area contributed by atoms with Gasteiger partial charge in [0.25, 0.3) is 0 Å². The van der Waals surface area contributed by atoms with Crippen molar-refractivity contribution in [1.82, 2.24) is 9.29 Å². The zero-order valence-corrected chi connectivity index (χ0v) is 15.8. The van der Waals surface area contributed by atoms with E-state index in [0.29, 0.717) is 28.7 Å². The van der Waals surface area contributed by atoms with E-state index in [2.05, 4.69) is 4.98 Å². The molecule has 25 heavy (non-hydrogen) atoms. The van der Waals surface area contributed by atoms with Gasteiger partial charge in [0, 0.05) is 29.9 Å². The molecule has 5 nitrogen and oxygen atoms in total. The van der Waals surface area contributed by atoms with Crippen LogP contribution in [0.2, 0.25) is 5.02 Å². The minimum atomic E-state index is -3.45. The second kappa shape index (κ2) is 7.86. The van der Waals surface area contributed by atoms with E-state index >= 15 is 0 Å². The van der Waals surface area contributed by atoms with Crippen LogP contribution in [0.3, 0.4) is 0 Å². The number of pyridine rings is 1. The molecule has 2 heterocycles. The van der Waals surface area contributed by atoms with Crippen LogP contribution in [-0.4, -0.2) is 42.3 Å². The molecule has 0 N–H and O–H groups in total. The summed E-state index contributed by atoms with van der Waals surface area (Å²) >= 11 is 7.09. The Morgan fingerprint density at radius 3 is 2.40 bits per heavy atom. The molecular formula is C17H17ClN2O3S2. The quantitative estimate of drug-likeness (QED) is 0.552. The lowest BCUT2D eigenvalue weighted by Crippen LogP contribution is -2.27. The number of sulfonamides is 1. The van der Waals surface area contributed by atoms with Crippen molar-refractivity contribution in [2.75, 3.05) is 18.8 Å². The minimum absolute atomic E-state index is 0.0303. The standard InChI is InChI=1S/C17H17ClN2O3S2/c18-14-5-3-13(4-6-14)16(21)12-24-17-8-7-15(11-19-17)25(22,23)20-9-1-2-10-20/h3-8,11H,1-2,9-10,12H2. The number of thioether (sulfide) groups is 1. The maximum Gasteiger partial charge on any atom is 0.244 e. The summed E-state index contributed by atoms with van der Waals surface area (Å²) in [7, 11) is -3.45. The third-order valence-electron chi connectivity index (χ3n) is 3.93. The Kier molecular flexibility index (Phi) is 5.78. The average molecular weight is 397 g/mol. The lowest BCUT2D eigenvalue weighted by Gasteiger charge is -2.15. The number of carbonyl (C=O) groups is 1. The number of rotatable bonds is 6. The predicted molar refractivity (Wildman–Crippen MR) is 98.7 cm³/mol. The van der Waals surface area contributed by atoms with E-state index in [1.54, 1.807) is 36.4 Å². The fourth-order valence-corrected chi connectivity index (χ4v) is 4.87. The largest absolute Gasteiger partial charge is 0.293 e. The minimum Gasteiger partial charge on any atom is -0.293 e. The molecule has 0 amide bonds. The first-order chi connectivity index (χ1) is 12.0. The Bertz CT molecular complexity index is 846. The van der Waals surface area contributed by atoms with Gasteiger partial charge in [-0.2, -0.15) is 4.31 Å². The molecule has 0 aliphatic carbocycles. The highest BCUT2D eigenvalue weighted by Crippen LogP contribution is 2.23. The first kappa shape index (κ1) is 18.4. The summed E-state index contributed by atoms with van der Waals surface area (Å²) < 4.78 is 26.4. The number of benzene rings is 1. The molecule has 0 unspecified atom stereocenters. The van der Waals surface area contributed by atoms with Crippen LogP contribution in [0, 0.1) is 0 Å². The van der Waals surface area contributed by atoms with Crippen molar-refractivity contribution in [3.8, 4) is 0 Å². The number of carbonyl (C=O) groups excluding carboxylic acids is 1.